The Morgan fingerprint density at radius 3 is 2.37 bits per heavy atom. The van der Waals surface area contributed by atoms with Crippen LogP contribution in [0.1, 0.15) is 11.1 Å². The van der Waals surface area contributed by atoms with Crippen molar-refractivity contribution >= 4 is 51.3 Å². The second-order valence-electron chi connectivity index (χ2n) is 10.2. The third kappa shape index (κ3) is 6.77. The first-order chi connectivity index (χ1) is 22.4. The van der Waals surface area contributed by atoms with Gasteiger partial charge in [-0.1, -0.05) is 47.5 Å². The zero-order valence-electron chi connectivity index (χ0n) is 25.4. The minimum absolute atomic E-state index is 0.175. The van der Waals surface area contributed by atoms with Crippen LogP contribution in [0.15, 0.2) is 79.0 Å². The maximum atomic E-state index is 10.7. The number of fused-ring (bicyclic) bond motifs is 5. The van der Waals surface area contributed by atoms with Gasteiger partial charge < -0.3 is 39.3 Å². The van der Waals surface area contributed by atoms with E-state index in [1.807, 2.05) is 6.07 Å². The monoisotopic (exact) mass is 662 g/mol. The molecule has 0 saturated carbocycles. The second kappa shape index (κ2) is 14.6. The minimum Gasteiger partial charge on any atom is -0.550 e. The van der Waals surface area contributed by atoms with Crippen molar-refractivity contribution in [1.82, 2.24) is 0 Å². The van der Waals surface area contributed by atoms with E-state index in [1.165, 1.54) is 16.8 Å². The SMILES string of the molecule is CO.COc1ccc2cc3[n+](cc2c1OC)CCc1cc2c(cc1-3)OCO2.O=C([O-])Cc1ccccc1Nc1c(Cl)cccc1Cl. The Balaban J connectivity index is 0.000000179. The first-order valence-electron chi connectivity index (χ1n) is 14.3. The van der Waals surface area contributed by atoms with Gasteiger partial charge in [0.05, 0.1) is 40.9 Å². The summed E-state index contributed by atoms with van der Waals surface area (Å²) in [7, 11) is 4.34. The third-order valence-corrected chi connectivity index (χ3v) is 8.21. The Morgan fingerprint density at radius 2 is 1.67 bits per heavy atom. The topological polar surface area (TPSA) is 113 Å². The molecule has 11 heteroatoms. The highest BCUT2D eigenvalue weighted by Gasteiger charge is 2.28. The molecule has 4 aromatic carbocycles. The highest BCUT2D eigenvalue weighted by Crippen LogP contribution is 2.41. The smallest absolute Gasteiger partial charge is 0.231 e. The van der Waals surface area contributed by atoms with Crippen LogP contribution in [0.5, 0.6) is 23.0 Å². The predicted molar refractivity (Wildman–Crippen MR) is 176 cm³/mol. The summed E-state index contributed by atoms with van der Waals surface area (Å²) in [5.41, 5.74) is 5.48. The van der Waals surface area contributed by atoms with Gasteiger partial charge in [-0.15, -0.1) is 0 Å². The van der Waals surface area contributed by atoms with E-state index in [9.17, 15) is 9.90 Å². The highest BCUT2D eigenvalue weighted by molar-refractivity contribution is 6.39. The Labute approximate surface area is 276 Å². The third-order valence-electron chi connectivity index (χ3n) is 7.58. The number of ether oxygens (including phenoxy) is 4. The van der Waals surface area contributed by atoms with E-state index >= 15 is 0 Å². The number of aliphatic hydroxyl groups excluding tert-OH is 1. The number of pyridine rings is 1. The lowest BCUT2D eigenvalue weighted by Gasteiger charge is -2.17. The molecule has 0 bridgehead atoms. The molecule has 1 aromatic heterocycles. The van der Waals surface area contributed by atoms with Crippen molar-refractivity contribution in [2.75, 3.05) is 33.4 Å². The van der Waals surface area contributed by atoms with Crippen molar-refractivity contribution in [3.05, 3.63) is 100 Å². The lowest BCUT2D eigenvalue weighted by Crippen LogP contribution is -2.40. The maximum absolute atomic E-state index is 10.7. The van der Waals surface area contributed by atoms with Gasteiger partial charge in [0.25, 0.3) is 0 Å². The fourth-order valence-electron chi connectivity index (χ4n) is 5.47. The number of hydrogen-bond acceptors (Lipinski definition) is 8. The van der Waals surface area contributed by atoms with Crippen LogP contribution in [0.25, 0.3) is 22.0 Å². The molecule has 0 amide bonds. The van der Waals surface area contributed by atoms with Crippen LogP contribution in [0.3, 0.4) is 0 Å². The number of methoxy groups -OCH3 is 2. The molecule has 9 nitrogen and oxygen atoms in total. The molecular formula is C35H32Cl2N2O7. The van der Waals surface area contributed by atoms with Gasteiger partial charge in [-0.3, -0.25) is 0 Å². The van der Waals surface area contributed by atoms with Crippen LogP contribution >= 0.6 is 23.2 Å². The number of carbonyl (C=O) groups excluding carboxylic acids is 1. The van der Waals surface area contributed by atoms with Gasteiger partial charge in [0.1, 0.15) is 0 Å². The van der Waals surface area contributed by atoms with Gasteiger partial charge in [0.15, 0.2) is 35.7 Å². The predicted octanol–water partition coefficient (Wildman–Crippen LogP) is 5.73. The molecule has 2 N–H and O–H groups in total. The largest absolute Gasteiger partial charge is 0.550 e. The summed E-state index contributed by atoms with van der Waals surface area (Å²) in [5.74, 6) is 2.04. The summed E-state index contributed by atoms with van der Waals surface area (Å²) in [4.78, 5) is 10.7. The summed E-state index contributed by atoms with van der Waals surface area (Å²) in [6.45, 7) is 1.21. The van der Waals surface area contributed by atoms with Crippen molar-refractivity contribution in [3.63, 3.8) is 0 Å². The van der Waals surface area contributed by atoms with Gasteiger partial charge in [-0.05, 0) is 59.0 Å². The normalized spacial score (nSPS) is 12.0. The summed E-state index contributed by atoms with van der Waals surface area (Å²) in [6.07, 6.45) is 2.94. The molecule has 2 aliphatic heterocycles. The number of nitrogens with one attached hydrogen (secondary N) is 1. The van der Waals surface area contributed by atoms with Gasteiger partial charge >= 0.3 is 0 Å². The van der Waals surface area contributed by atoms with E-state index in [4.69, 9.17) is 47.3 Å². The van der Waals surface area contributed by atoms with Crippen LogP contribution in [0.4, 0.5) is 11.4 Å². The number of aliphatic hydroxyl groups is 1. The number of aromatic nitrogens is 1. The quantitative estimate of drug-likeness (QED) is 0.222. The number of hydrogen-bond donors (Lipinski definition) is 2. The number of carbonyl (C=O) groups is 1. The van der Waals surface area contributed by atoms with Crippen LogP contribution in [-0.4, -0.2) is 39.2 Å². The summed E-state index contributed by atoms with van der Waals surface area (Å²) in [5, 5.41) is 23.9. The molecule has 0 radical (unpaired) electrons. The number of para-hydroxylation sites is 2. The van der Waals surface area contributed by atoms with Gasteiger partial charge in [-0.25, -0.2) is 0 Å². The number of halogens is 2. The van der Waals surface area contributed by atoms with Crippen molar-refractivity contribution in [1.29, 1.82) is 0 Å². The average Bonchev–Trinajstić information content (AvgIpc) is 3.53. The molecule has 2 aliphatic rings. The lowest BCUT2D eigenvalue weighted by molar-refractivity contribution is -0.686. The Morgan fingerprint density at radius 1 is 0.957 bits per heavy atom. The molecule has 0 atom stereocenters. The van der Waals surface area contributed by atoms with Crippen molar-refractivity contribution in [2.24, 2.45) is 0 Å². The number of nitrogens with zero attached hydrogens (tertiary/aromatic N) is 1. The molecule has 238 valence electrons. The van der Waals surface area contributed by atoms with Gasteiger partial charge in [0, 0.05) is 37.7 Å². The van der Waals surface area contributed by atoms with E-state index in [0.717, 1.165) is 53.8 Å². The van der Waals surface area contributed by atoms with Crippen molar-refractivity contribution in [2.45, 2.75) is 19.4 Å². The Hall–Kier alpha value is -4.70. The van der Waals surface area contributed by atoms with Crippen molar-refractivity contribution in [3.8, 4) is 34.3 Å². The number of carboxylic acid groups (broad SMARTS) is 1. The number of rotatable bonds is 6. The highest BCUT2D eigenvalue weighted by atomic mass is 35.5. The summed E-state index contributed by atoms with van der Waals surface area (Å²) < 4.78 is 24.4. The van der Waals surface area contributed by atoms with E-state index in [-0.39, 0.29) is 6.42 Å². The van der Waals surface area contributed by atoms with Crippen LogP contribution in [0, 0.1) is 0 Å². The second-order valence-corrected chi connectivity index (χ2v) is 11.0. The molecule has 46 heavy (non-hydrogen) atoms. The molecule has 0 unspecified atom stereocenters. The number of anilines is 2. The first kappa shape index (κ1) is 32.7. The molecule has 3 heterocycles. The van der Waals surface area contributed by atoms with E-state index in [1.54, 1.807) is 56.7 Å². The molecule has 0 saturated heterocycles. The van der Waals surface area contributed by atoms with E-state index < -0.39 is 5.97 Å². The number of aliphatic carboxylic acids is 1. The molecule has 0 spiro atoms. The number of carboxylic acids is 1. The van der Waals surface area contributed by atoms with Crippen LogP contribution < -0.4 is 33.9 Å². The average molecular weight is 664 g/mol. The Kier molecular flexibility index (Phi) is 10.4. The fraction of sp³-hybridized carbons (Fsp3) is 0.200. The zero-order chi connectivity index (χ0) is 32.8. The Bertz CT molecular complexity index is 1880. The number of aryl methyl sites for hydroxylation is 2. The molecular weight excluding hydrogens is 631 g/mol. The maximum Gasteiger partial charge on any atom is 0.231 e. The fourth-order valence-corrected chi connectivity index (χ4v) is 5.96. The number of benzene rings is 4. The molecule has 7 rings (SSSR count). The van der Waals surface area contributed by atoms with Crippen molar-refractivity contribution < 1.29 is 38.5 Å². The standard InChI is InChI=1S/C20H18NO4.C14H11Cl2NO2.CH4O/c1-22-17-4-3-12-7-16-14-9-19-18(24-11-25-19)8-13(14)5-6-21(16)10-15(12)20(17)23-2;15-10-5-3-6-11(16)14(10)17-12-7-2-1-4-9(12)8-13(18)19;1-2/h3-4,7-10H,5-6,11H2,1-2H3;1-7,17H,8H2,(H,18,19);2H,1H3/q+1;;/p-1. The molecule has 5 aromatic rings. The first-order valence-corrected chi connectivity index (χ1v) is 15.1. The van der Waals surface area contributed by atoms with E-state index in [2.05, 4.69) is 40.3 Å². The van der Waals surface area contributed by atoms with Crippen LogP contribution in [-0.2, 0) is 24.2 Å². The van der Waals surface area contributed by atoms with Crippen LogP contribution in [0.2, 0.25) is 10.0 Å². The minimum atomic E-state index is -1.14. The molecule has 0 fully saturated rings. The summed E-state index contributed by atoms with van der Waals surface area (Å²) in [6, 6.07) is 22.6. The zero-order valence-corrected chi connectivity index (χ0v) is 26.9. The van der Waals surface area contributed by atoms with Gasteiger partial charge in [-0.2, -0.15) is 4.57 Å². The summed E-state index contributed by atoms with van der Waals surface area (Å²) >= 11 is 12.1. The van der Waals surface area contributed by atoms with E-state index in [0.29, 0.717) is 33.8 Å². The lowest BCUT2D eigenvalue weighted by atomic mass is 9.95. The molecule has 0 aliphatic carbocycles. The van der Waals surface area contributed by atoms with Gasteiger partial charge in [0.2, 0.25) is 12.5 Å².